The molecule has 1 fully saturated rings. The second kappa shape index (κ2) is 9.54. The Bertz CT molecular complexity index is 1080. The van der Waals surface area contributed by atoms with Gasteiger partial charge < -0.3 is 24.6 Å². The first-order valence-corrected chi connectivity index (χ1v) is 11.6. The highest BCUT2D eigenvalue weighted by Gasteiger charge is 2.48. The first-order valence-electron chi connectivity index (χ1n) is 11.6. The summed E-state index contributed by atoms with van der Waals surface area (Å²) in [7, 11) is 2.01. The van der Waals surface area contributed by atoms with Gasteiger partial charge in [0.25, 0.3) is 11.8 Å². The van der Waals surface area contributed by atoms with Gasteiger partial charge in [0, 0.05) is 39.3 Å². The summed E-state index contributed by atoms with van der Waals surface area (Å²) in [6, 6.07) is 5.90. The van der Waals surface area contributed by atoms with Gasteiger partial charge in [-0.05, 0) is 38.1 Å². The van der Waals surface area contributed by atoms with E-state index < -0.39 is 5.54 Å². The topological polar surface area (TPSA) is 90.8 Å². The van der Waals surface area contributed by atoms with Gasteiger partial charge in [-0.1, -0.05) is 19.1 Å². The Morgan fingerprint density at radius 2 is 1.82 bits per heavy atom. The number of nitrogens with zero attached hydrogens (tertiary/aromatic N) is 5. The van der Waals surface area contributed by atoms with E-state index in [0.29, 0.717) is 26.1 Å². The summed E-state index contributed by atoms with van der Waals surface area (Å²) in [4.78, 5) is 49.9. The Hall–Kier alpha value is -3.27. The number of fused-ring (bicyclic) bond motifs is 1. The third kappa shape index (κ3) is 4.42. The second-order valence-corrected chi connectivity index (χ2v) is 9.20. The first-order chi connectivity index (χ1) is 16.2. The Kier molecular flexibility index (Phi) is 6.70. The molecule has 10 heteroatoms. The number of rotatable bonds is 6. The van der Waals surface area contributed by atoms with Crippen molar-refractivity contribution >= 4 is 17.7 Å². The van der Waals surface area contributed by atoms with Crippen molar-refractivity contribution in [3.8, 4) is 0 Å². The Morgan fingerprint density at radius 1 is 1.15 bits per heavy atom. The number of carbonyl (C=O) groups excluding carboxylic acids is 3. The Morgan fingerprint density at radius 3 is 2.47 bits per heavy atom. The average Bonchev–Trinajstić information content (AvgIpc) is 3.24. The minimum absolute atomic E-state index is 0.143. The monoisotopic (exact) mass is 470 g/mol. The molecule has 9 nitrogen and oxygen atoms in total. The minimum atomic E-state index is -1.16. The van der Waals surface area contributed by atoms with E-state index >= 15 is 0 Å². The van der Waals surface area contributed by atoms with Gasteiger partial charge in [0.2, 0.25) is 5.91 Å². The van der Waals surface area contributed by atoms with Crippen LogP contribution in [0.2, 0.25) is 0 Å². The van der Waals surface area contributed by atoms with Crippen LogP contribution in [0.5, 0.6) is 0 Å². The molecule has 34 heavy (non-hydrogen) atoms. The number of halogens is 1. The standard InChI is InChI=1S/C24H31FN6O3/c1-4-9-31-22(33)20-19(21(32)29-12-10-28(3)11-13-29)27-16-30(20)15-24(31,2)23(34)26-14-17-5-7-18(25)8-6-17/h5-8,16H,4,9-15H2,1-3H3,(H,26,34). The van der Waals surface area contributed by atoms with Crippen LogP contribution in [-0.2, 0) is 17.9 Å². The highest BCUT2D eigenvalue weighted by Crippen LogP contribution is 2.29. The fourth-order valence-electron chi connectivity index (χ4n) is 4.55. The van der Waals surface area contributed by atoms with Crippen LogP contribution in [0.1, 0.15) is 46.8 Å². The number of carbonyl (C=O) groups is 3. The maximum atomic E-state index is 13.6. The molecule has 0 spiro atoms. The smallest absolute Gasteiger partial charge is 0.274 e. The highest BCUT2D eigenvalue weighted by molar-refractivity contribution is 6.07. The zero-order valence-electron chi connectivity index (χ0n) is 19.9. The molecule has 0 radical (unpaired) electrons. The van der Waals surface area contributed by atoms with Crippen molar-refractivity contribution in [1.82, 2.24) is 29.6 Å². The van der Waals surface area contributed by atoms with Gasteiger partial charge >= 0.3 is 0 Å². The van der Waals surface area contributed by atoms with Crippen LogP contribution >= 0.6 is 0 Å². The van der Waals surface area contributed by atoms with Gasteiger partial charge in [-0.3, -0.25) is 14.4 Å². The van der Waals surface area contributed by atoms with Crippen molar-refractivity contribution in [2.75, 3.05) is 39.8 Å². The summed E-state index contributed by atoms with van der Waals surface area (Å²) in [6.07, 6.45) is 2.13. The lowest BCUT2D eigenvalue weighted by molar-refractivity contribution is -0.133. The Balaban J connectivity index is 1.57. The molecule has 0 aliphatic carbocycles. The van der Waals surface area contributed by atoms with Crippen molar-refractivity contribution < 1.29 is 18.8 Å². The molecule has 3 heterocycles. The van der Waals surface area contributed by atoms with E-state index in [1.165, 1.54) is 18.5 Å². The van der Waals surface area contributed by atoms with Gasteiger partial charge in [-0.25, -0.2) is 9.37 Å². The molecule has 0 bridgehead atoms. The van der Waals surface area contributed by atoms with Crippen molar-refractivity contribution in [3.63, 3.8) is 0 Å². The lowest BCUT2D eigenvalue weighted by Crippen LogP contribution is -2.64. The van der Waals surface area contributed by atoms with E-state index in [2.05, 4.69) is 15.2 Å². The number of aromatic nitrogens is 2. The van der Waals surface area contributed by atoms with Crippen LogP contribution in [0.25, 0.3) is 0 Å². The maximum absolute atomic E-state index is 13.6. The van der Waals surface area contributed by atoms with Crippen molar-refractivity contribution in [1.29, 1.82) is 0 Å². The number of piperazine rings is 1. The summed E-state index contributed by atoms with van der Waals surface area (Å²) in [5.74, 6) is -1.29. The molecule has 1 unspecified atom stereocenters. The number of amides is 3. The molecular weight excluding hydrogens is 439 g/mol. The molecule has 1 N–H and O–H groups in total. The largest absolute Gasteiger partial charge is 0.350 e. The summed E-state index contributed by atoms with van der Waals surface area (Å²) < 4.78 is 14.8. The summed E-state index contributed by atoms with van der Waals surface area (Å²) in [5.41, 5.74) is -0.0221. The number of nitrogens with one attached hydrogen (secondary N) is 1. The molecule has 1 aromatic heterocycles. The number of imidazole rings is 1. The lowest BCUT2D eigenvalue weighted by atomic mass is 9.93. The molecule has 1 saturated heterocycles. The van der Waals surface area contributed by atoms with E-state index in [4.69, 9.17) is 0 Å². The third-order valence-corrected chi connectivity index (χ3v) is 6.66. The van der Waals surface area contributed by atoms with E-state index in [1.54, 1.807) is 33.4 Å². The normalized spacial score (nSPS) is 20.9. The van der Waals surface area contributed by atoms with Crippen LogP contribution in [0, 0.1) is 5.82 Å². The summed E-state index contributed by atoms with van der Waals surface area (Å²) >= 11 is 0. The average molecular weight is 471 g/mol. The zero-order valence-corrected chi connectivity index (χ0v) is 19.9. The number of hydrogen-bond acceptors (Lipinski definition) is 5. The van der Waals surface area contributed by atoms with E-state index in [-0.39, 0.29) is 48.0 Å². The molecule has 182 valence electrons. The van der Waals surface area contributed by atoms with Gasteiger partial charge in [0.05, 0.1) is 12.9 Å². The molecule has 1 aromatic carbocycles. The number of likely N-dealkylation sites (N-methyl/N-ethyl adjacent to an activating group) is 1. The highest BCUT2D eigenvalue weighted by atomic mass is 19.1. The fourth-order valence-corrected chi connectivity index (χ4v) is 4.55. The van der Waals surface area contributed by atoms with Gasteiger partial charge in [-0.2, -0.15) is 0 Å². The predicted octanol–water partition coefficient (Wildman–Crippen LogP) is 1.35. The number of hydrogen-bond donors (Lipinski definition) is 1. The predicted molar refractivity (Wildman–Crippen MR) is 124 cm³/mol. The SMILES string of the molecule is CCCN1C(=O)c2c(C(=O)N3CCN(C)CC3)ncn2CC1(C)C(=O)NCc1ccc(F)cc1. The third-order valence-electron chi connectivity index (χ3n) is 6.66. The van der Waals surface area contributed by atoms with Crippen LogP contribution in [0.3, 0.4) is 0 Å². The zero-order chi connectivity index (χ0) is 24.5. The van der Waals surface area contributed by atoms with Gasteiger partial charge in [0.1, 0.15) is 17.1 Å². The molecule has 4 rings (SSSR count). The van der Waals surface area contributed by atoms with Crippen molar-refractivity contribution in [2.24, 2.45) is 0 Å². The molecule has 1 atom stereocenters. The quantitative estimate of drug-likeness (QED) is 0.688. The maximum Gasteiger partial charge on any atom is 0.274 e. The van der Waals surface area contributed by atoms with Crippen LogP contribution in [-0.4, -0.2) is 87.3 Å². The molecule has 0 saturated carbocycles. The molecular formula is C24H31FN6O3. The molecule has 2 aliphatic rings. The van der Waals surface area contributed by atoms with E-state index in [1.807, 2.05) is 14.0 Å². The van der Waals surface area contributed by atoms with E-state index in [0.717, 1.165) is 18.7 Å². The molecule has 3 amide bonds. The molecule has 2 aliphatic heterocycles. The first kappa shape index (κ1) is 23.9. The van der Waals surface area contributed by atoms with E-state index in [9.17, 15) is 18.8 Å². The van der Waals surface area contributed by atoms with Crippen molar-refractivity contribution in [3.05, 3.63) is 53.4 Å². The molecule has 2 aromatic rings. The summed E-state index contributed by atoms with van der Waals surface area (Å²) in [6.45, 7) is 7.13. The Labute approximate surface area is 198 Å². The van der Waals surface area contributed by atoms with Crippen LogP contribution in [0.4, 0.5) is 4.39 Å². The van der Waals surface area contributed by atoms with Crippen LogP contribution in [0.15, 0.2) is 30.6 Å². The van der Waals surface area contributed by atoms with Crippen LogP contribution < -0.4 is 5.32 Å². The van der Waals surface area contributed by atoms with Gasteiger partial charge in [-0.15, -0.1) is 0 Å². The minimum Gasteiger partial charge on any atom is -0.350 e. The second-order valence-electron chi connectivity index (χ2n) is 9.20. The van der Waals surface area contributed by atoms with Gasteiger partial charge in [0.15, 0.2) is 5.69 Å². The lowest BCUT2D eigenvalue weighted by Gasteiger charge is -2.43. The number of benzene rings is 1. The summed E-state index contributed by atoms with van der Waals surface area (Å²) in [5, 5.41) is 2.88. The fraction of sp³-hybridized carbons (Fsp3) is 0.500. The van der Waals surface area contributed by atoms with Crippen molar-refractivity contribution in [2.45, 2.75) is 38.9 Å².